The molecule has 2 N–H and O–H groups in total. The summed E-state index contributed by atoms with van der Waals surface area (Å²) in [5.74, 6) is 1.83. The molecule has 1 aromatic heterocycles. The third-order valence-electron chi connectivity index (χ3n) is 4.44. The SMILES string of the molecule is CCc1nncn1CCNC(=NC)NCC(C)(C)N1CCOCC1. The predicted molar refractivity (Wildman–Crippen MR) is 95.2 cm³/mol. The van der Waals surface area contributed by atoms with Gasteiger partial charge in [0.05, 0.1) is 13.2 Å². The molecule has 1 aromatic rings. The van der Waals surface area contributed by atoms with Gasteiger partial charge in [0.25, 0.3) is 0 Å². The minimum Gasteiger partial charge on any atom is -0.379 e. The van der Waals surface area contributed by atoms with Gasteiger partial charge in [-0.2, -0.15) is 0 Å². The summed E-state index contributed by atoms with van der Waals surface area (Å²) in [6.45, 7) is 12.6. The first kappa shape index (κ1) is 18.7. The lowest BCUT2D eigenvalue weighted by Crippen LogP contribution is -2.56. The zero-order valence-electron chi connectivity index (χ0n) is 15.4. The highest BCUT2D eigenvalue weighted by molar-refractivity contribution is 5.79. The van der Waals surface area contributed by atoms with Gasteiger partial charge in [-0.3, -0.25) is 9.89 Å². The standard InChI is InChI=1S/C16H31N7O/c1-5-14-21-20-13-22(14)7-6-18-15(17-4)19-12-16(2,3)23-8-10-24-11-9-23/h13H,5-12H2,1-4H3,(H2,17,18,19). The van der Waals surface area contributed by atoms with Crippen molar-refractivity contribution >= 4 is 5.96 Å². The normalized spacial score (nSPS) is 17.1. The predicted octanol–water partition coefficient (Wildman–Crippen LogP) is 0.116. The highest BCUT2D eigenvalue weighted by atomic mass is 16.5. The Balaban J connectivity index is 1.75. The van der Waals surface area contributed by atoms with Crippen molar-refractivity contribution in [2.75, 3.05) is 46.4 Å². The van der Waals surface area contributed by atoms with Crippen molar-refractivity contribution in [2.45, 2.75) is 39.3 Å². The minimum atomic E-state index is 0.0606. The van der Waals surface area contributed by atoms with Crippen LogP contribution in [0, 0.1) is 0 Å². The number of nitrogens with zero attached hydrogens (tertiary/aromatic N) is 5. The quantitative estimate of drug-likeness (QED) is 0.543. The number of nitrogens with one attached hydrogen (secondary N) is 2. The van der Waals surface area contributed by atoms with Crippen LogP contribution in [0.2, 0.25) is 0 Å². The molecular weight excluding hydrogens is 306 g/mol. The number of hydrogen-bond donors (Lipinski definition) is 2. The molecule has 0 atom stereocenters. The summed E-state index contributed by atoms with van der Waals surface area (Å²) in [5, 5.41) is 14.8. The fraction of sp³-hybridized carbons (Fsp3) is 0.812. The van der Waals surface area contributed by atoms with E-state index in [-0.39, 0.29) is 5.54 Å². The van der Waals surface area contributed by atoms with Gasteiger partial charge in [-0.25, -0.2) is 0 Å². The zero-order chi connectivity index (χ0) is 17.4. The topological polar surface area (TPSA) is 79.6 Å². The lowest BCUT2D eigenvalue weighted by atomic mass is 10.0. The van der Waals surface area contributed by atoms with E-state index in [1.807, 2.05) is 0 Å². The second kappa shape index (κ2) is 8.98. The van der Waals surface area contributed by atoms with E-state index in [9.17, 15) is 0 Å². The van der Waals surface area contributed by atoms with Crippen LogP contribution >= 0.6 is 0 Å². The van der Waals surface area contributed by atoms with Gasteiger partial charge in [0, 0.05) is 51.7 Å². The minimum absolute atomic E-state index is 0.0606. The Kier molecular flexibility index (Phi) is 6.99. The molecule has 0 radical (unpaired) electrons. The fourth-order valence-corrected chi connectivity index (χ4v) is 2.84. The maximum atomic E-state index is 5.44. The molecule has 2 rings (SSSR count). The summed E-state index contributed by atoms with van der Waals surface area (Å²) in [6.07, 6.45) is 2.67. The Morgan fingerprint density at radius 1 is 1.33 bits per heavy atom. The number of guanidine groups is 1. The Hall–Kier alpha value is -1.67. The van der Waals surface area contributed by atoms with Crippen molar-refractivity contribution in [1.82, 2.24) is 30.3 Å². The van der Waals surface area contributed by atoms with E-state index >= 15 is 0 Å². The molecular formula is C16H31N7O. The van der Waals surface area contributed by atoms with Crippen molar-refractivity contribution in [3.63, 3.8) is 0 Å². The number of aryl methyl sites for hydroxylation is 1. The lowest BCUT2D eigenvalue weighted by Gasteiger charge is -2.41. The Bertz CT molecular complexity index is 520. The van der Waals surface area contributed by atoms with Crippen molar-refractivity contribution in [1.29, 1.82) is 0 Å². The van der Waals surface area contributed by atoms with Crippen LogP contribution < -0.4 is 10.6 Å². The van der Waals surface area contributed by atoms with Crippen LogP contribution in [-0.2, 0) is 17.7 Å². The van der Waals surface area contributed by atoms with Crippen LogP contribution in [0.1, 0.15) is 26.6 Å². The van der Waals surface area contributed by atoms with Crippen LogP contribution in [0.15, 0.2) is 11.3 Å². The van der Waals surface area contributed by atoms with Gasteiger partial charge in [-0.05, 0) is 13.8 Å². The van der Waals surface area contributed by atoms with Crippen LogP contribution in [0.25, 0.3) is 0 Å². The van der Waals surface area contributed by atoms with Crippen LogP contribution in [0.4, 0.5) is 0 Å². The van der Waals surface area contributed by atoms with Gasteiger partial charge in [0.15, 0.2) is 5.96 Å². The molecule has 1 fully saturated rings. The summed E-state index contributed by atoms with van der Waals surface area (Å²) in [5.41, 5.74) is 0.0606. The van der Waals surface area contributed by atoms with Gasteiger partial charge in [-0.1, -0.05) is 6.92 Å². The molecule has 0 saturated carbocycles. The van der Waals surface area contributed by atoms with Gasteiger partial charge in [0.1, 0.15) is 12.2 Å². The van der Waals surface area contributed by atoms with E-state index in [4.69, 9.17) is 4.74 Å². The third-order valence-corrected chi connectivity index (χ3v) is 4.44. The molecule has 0 bridgehead atoms. The van der Waals surface area contributed by atoms with Gasteiger partial charge >= 0.3 is 0 Å². The molecule has 136 valence electrons. The van der Waals surface area contributed by atoms with Crippen molar-refractivity contribution < 1.29 is 4.74 Å². The summed E-state index contributed by atoms with van der Waals surface area (Å²) in [4.78, 5) is 6.77. The van der Waals surface area contributed by atoms with Gasteiger partial charge in [-0.15, -0.1) is 10.2 Å². The van der Waals surface area contributed by atoms with Crippen LogP contribution in [0.3, 0.4) is 0 Å². The maximum absolute atomic E-state index is 5.44. The van der Waals surface area contributed by atoms with Gasteiger partial charge < -0.3 is 19.9 Å². The first-order valence-electron chi connectivity index (χ1n) is 8.71. The molecule has 0 unspecified atom stereocenters. The van der Waals surface area contributed by atoms with Crippen molar-refractivity contribution in [2.24, 2.45) is 4.99 Å². The first-order chi connectivity index (χ1) is 11.6. The van der Waals surface area contributed by atoms with E-state index in [0.717, 1.165) is 64.1 Å². The number of rotatable bonds is 7. The molecule has 0 aliphatic carbocycles. The molecule has 24 heavy (non-hydrogen) atoms. The smallest absolute Gasteiger partial charge is 0.191 e. The van der Waals surface area contributed by atoms with Crippen LogP contribution in [0.5, 0.6) is 0 Å². The number of ether oxygens (including phenoxy) is 1. The molecule has 8 heteroatoms. The molecule has 1 aliphatic heterocycles. The van der Waals surface area contributed by atoms with E-state index in [1.165, 1.54) is 0 Å². The van der Waals surface area contributed by atoms with E-state index in [1.54, 1.807) is 13.4 Å². The second-order valence-corrected chi connectivity index (χ2v) is 6.56. The monoisotopic (exact) mass is 337 g/mol. The molecule has 8 nitrogen and oxygen atoms in total. The fourth-order valence-electron chi connectivity index (χ4n) is 2.84. The Morgan fingerprint density at radius 2 is 2.08 bits per heavy atom. The molecule has 0 aromatic carbocycles. The first-order valence-corrected chi connectivity index (χ1v) is 8.71. The highest BCUT2D eigenvalue weighted by Crippen LogP contribution is 2.14. The molecule has 1 saturated heterocycles. The Morgan fingerprint density at radius 3 is 2.75 bits per heavy atom. The number of aromatic nitrogens is 3. The average Bonchev–Trinajstić information content (AvgIpc) is 3.06. The summed E-state index contributed by atoms with van der Waals surface area (Å²) >= 11 is 0. The zero-order valence-corrected chi connectivity index (χ0v) is 15.4. The van der Waals surface area contributed by atoms with E-state index in [0.29, 0.717) is 0 Å². The molecule has 0 amide bonds. The summed E-state index contributed by atoms with van der Waals surface area (Å²) in [6, 6.07) is 0. The third kappa shape index (κ3) is 5.17. The second-order valence-electron chi connectivity index (χ2n) is 6.56. The number of morpholine rings is 1. The number of aliphatic imine (C=N–C) groups is 1. The highest BCUT2D eigenvalue weighted by Gasteiger charge is 2.28. The molecule has 1 aliphatic rings. The molecule has 2 heterocycles. The number of hydrogen-bond acceptors (Lipinski definition) is 5. The lowest BCUT2D eigenvalue weighted by molar-refractivity contribution is -0.00833. The molecule has 0 spiro atoms. The van der Waals surface area contributed by atoms with Crippen LogP contribution in [-0.4, -0.2) is 77.6 Å². The summed E-state index contributed by atoms with van der Waals surface area (Å²) < 4.78 is 7.51. The average molecular weight is 337 g/mol. The largest absolute Gasteiger partial charge is 0.379 e. The van der Waals surface area contributed by atoms with E-state index < -0.39 is 0 Å². The maximum Gasteiger partial charge on any atom is 0.191 e. The van der Waals surface area contributed by atoms with Crippen molar-refractivity contribution in [3.8, 4) is 0 Å². The van der Waals surface area contributed by atoms with Crippen molar-refractivity contribution in [3.05, 3.63) is 12.2 Å². The Labute approximate surface area is 144 Å². The van der Waals surface area contributed by atoms with E-state index in [2.05, 4.69) is 56.1 Å². The summed E-state index contributed by atoms with van der Waals surface area (Å²) in [7, 11) is 1.80. The van der Waals surface area contributed by atoms with Gasteiger partial charge in [0.2, 0.25) is 0 Å².